The SMILES string of the molecule is c1ccc(CC2CSC(=NCCc3ccncc3)N2)cc1. The summed E-state index contributed by atoms with van der Waals surface area (Å²) in [4.78, 5) is 8.69. The van der Waals surface area contributed by atoms with Gasteiger partial charge in [-0.25, -0.2) is 0 Å². The van der Waals surface area contributed by atoms with Gasteiger partial charge in [-0.1, -0.05) is 42.1 Å². The average molecular weight is 297 g/mol. The number of aromatic nitrogens is 1. The van der Waals surface area contributed by atoms with Crippen molar-refractivity contribution in [3.8, 4) is 0 Å². The van der Waals surface area contributed by atoms with Gasteiger partial charge in [0, 0.05) is 30.7 Å². The van der Waals surface area contributed by atoms with Gasteiger partial charge in [0.25, 0.3) is 0 Å². The Morgan fingerprint density at radius 2 is 1.90 bits per heavy atom. The van der Waals surface area contributed by atoms with E-state index in [4.69, 9.17) is 0 Å². The molecule has 1 aromatic carbocycles. The molecule has 1 N–H and O–H groups in total. The second-order valence-corrected chi connectivity index (χ2v) is 6.14. The van der Waals surface area contributed by atoms with E-state index >= 15 is 0 Å². The van der Waals surface area contributed by atoms with E-state index in [0.717, 1.165) is 30.3 Å². The monoisotopic (exact) mass is 297 g/mol. The summed E-state index contributed by atoms with van der Waals surface area (Å²) in [6.45, 7) is 0.831. The van der Waals surface area contributed by atoms with Gasteiger partial charge in [0.1, 0.15) is 0 Å². The highest BCUT2D eigenvalue weighted by molar-refractivity contribution is 8.14. The van der Waals surface area contributed by atoms with Crippen molar-refractivity contribution in [2.24, 2.45) is 4.99 Å². The molecule has 1 unspecified atom stereocenters. The topological polar surface area (TPSA) is 37.3 Å². The van der Waals surface area contributed by atoms with Crippen LogP contribution < -0.4 is 5.32 Å². The lowest BCUT2D eigenvalue weighted by Gasteiger charge is -2.09. The zero-order valence-electron chi connectivity index (χ0n) is 11.9. The summed E-state index contributed by atoms with van der Waals surface area (Å²) in [7, 11) is 0. The minimum atomic E-state index is 0.497. The lowest BCUT2D eigenvalue weighted by molar-refractivity contribution is 0.686. The van der Waals surface area contributed by atoms with Crippen LogP contribution in [0.25, 0.3) is 0 Å². The van der Waals surface area contributed by atoms with E-state index in [1.807, 2.05) is 36.3 Å². The van der Waals surface area contributed by atoms with Crippen LogP contribution in [0.5, 0.6) is 0 Å². The first-order valence-corrected chi connectivity index (χ1v) is 8.25. The summed E-state index contributed by atoms with van der Waals surface area (Å²) in [5.41, 5.74) is 2.67. The Bertz CT molecular complexity index is 583. The molecule has 1 saturated heterocycles. The third kappa shape index (κ3) is 4.33. The predicted octanol–water partition coefficient (Wildman–Crippen LogP) is 2.93. The quantitative estimate of drug-likeness (QED) is 0.922. The van der Waals surface area contributed by atoms with Crippen LogP contribution in [0, 0.1) is 0 Å². The molecule has 4 heteroatoms. The fourth-order valence-electron chi connectivity index (χ4n) is 2.37. The van der Waals surface area contributed by atoms with Crippen molar-refractivity contribution in [1.29, 1.82) is 0 Å². The van der Waals surface area contributed by atoms with Crippen LogP contribution in [-0.2, 0) is 12.8 Å². The molecule has 2 aromatic rings. The summed E-state index contributed by atoms with van der Waals surface area (Å²) in [6.07, 6.45) is 5.71. The van der Waals surface area contributed by atoms with Gasteiger partial charge in [0.2, 0.25) is 0 Å². The molecule has 3 rings (SSSR count). The fourth-order valence-corrected chi connectivity index (χ4v) is 3.37. The van der Waals surface area contributed by atoms with Crippen LogP contribution in [0.2, 0.25) is 0 Å². The number of benzene rings is 1. The third-order valence-corrected chi connectivity index (χ3v) is 4.57. The van der Waals surface area contributed by atoms with Gasteiger partial charge in [0.05, 0.1) is 0 Å². The van der Waals surface area contributed by atoms with Crippen LogP contribution in [-0.4, -0.2) is 28.5 Å². The van der Waals surface area contributed by atoms with Crippen molar-refractivity contribution in [3.63, 3.8) is 0 Å². The van der Waals surface area contributed by atoms with Crippen LogP contribution in [0.4, 0.5) is 0 Å². The molecule has 1 aliphatic rings. The minimum absolute atomic E-state index is 0.497. The molecular weight excluding hydrogens is 278 g/mol. The fraction of sp³-hybridized carbons (Fsp3) is 0.294. The number of pyridine rings is 1. The molecule has 0 aliphatic carbocycles. The molecule has 3 nitrogen and oxygen atoms in total. The number of hydrogen-bond acceptors (Lipinski definition) is 3. The third-order valence-electron chi connectivity index (χ3n) is 3.48. The first-order chi connectivity index (χ1) is 10.4. The largest absolute Gasteiger partial charge is 0.361 e. The number of rotatable bonds is 5. The minimum Gasteiger partial charge on any atom is -0.361 e. The van der Waals surface area contributed by atoms with E-state index in [1.54, 1.807) is 0 Å². The van der Waals surface area contributed by atoms with Gasteiger partial charge >= 0.3 is 0 Å². The molecule has 1 aliphatic heterocycles. The van der Waals surface area contributed by atoms with E-state index < -0.39 is 0 Å². The Hall–Kier alpha value is -1.81. The standard InChI is InChI=1S/C17H19N3S/c1-2-4-15(5-3-1)12-16-13-21-17(20-16)19-11-8-14-6-9-18-10-7-14/h1-7,9-10,16H,8,11-13H2,(H,19,20). The highest BCUT2D eigenvalue weighted by Gasteiger charge is 2.19. The molecular formula is C17H19N3S. The number of nitrogens with one attached hydrogen (secondary N) is 1. The van der Waals surface area contributed by atoms with Gasteiger partial charge in [-0.15, -0.1) is 0 Å². The molecule has 0 amide bonds. The van der Waals surface area contributed by atoms with Gasteiger partial charge in [-0.2, -0.15) is 0 Å². The highest BCUT2D eigenvalue weighted by Crippen LogP contribution is 2.17. The van der Waals surface area contributed by atoms with Crippen LogP contribution >= 0.6 is 11.8 Å². The van der Waals surface area contributed by atoms with Crippen molar-refractivity contribution in [2.45, 2.75) is 18.9 Å². The first kappa shape index (κ1) is 14.1. The van der Waals surface area contributed by atoms with Crippen molar-refractivity contribution < 1.29 is 0 Å². The smallest absolute Gasteiger partial charge is 0.156 e. The van der Waals surface area contributed by atoms with Crippen molar-refractivity contribution in [1.82, 2.24) is 10.3 Å². The summed E-state index contributed by atoms with van der Waals surface area (Å²) in [5.74, 6) is 1.10. The Morgan fingerprint density at radius 3 is 2.71 bits per heavy atom. The predicted molar refractivity (Wildman–Crippen MR) is 89.8 cm³/mol. The Balaban J connectivity index is 1.47. The molecule has 1 aromatic heterocycles. The van der Waals surface area contributed by atoms with E-state index in [0.29, 0.717) is 6.04 Å². The van der Waals surface area contributed by atoms with E-state index in [-0.39, 0.29) is 0 Å². The molecule has 108 valence electrons. The van der Waals surface area contributed by atoms with Crippen LogP contribution in [0.15, 0.2) is 59.9 Å². The zero-order chi connectivity index (χ0) is 14.3. The second kappa shape index (κ2) is 7.27. The Kier molecular flexibility index (Phi) is 4.90. The lowest BCUT2D eigenvalue weighted by atomic mass is 10.1. The molecule has 0 radical (unpaired) electrons. The number of aliphatic imine (C=N–C) groups is 1. The molecule has 21 heavy (non-hydrogen) atoms. The molecule has 1 atom stereocenters. The summed E-state index contributed by atoms with van der Waals surface area (Å²) in [6, 6.07) is 15.2. The van der Waals surface area contributed by atoms with Crippen LogP contribution in [0.1, 0.15) is 11.1 Å². The van der Waals surface area contributed by atoms with E-state index in [1.165, 1.54) is 11.1 Å². The molecule has 0 bridgehead atoms. The molecule has 1 fully saturated rings. The number of hydrogen-bond donors (Lipinski definition) is 1. The maximum absolute atomic E-state index is 4.66. The second-order valence-electron chi connectivity index (χ2n) is 5.13. The Morgan fingerprint density at radius 1 is 1.10 bits per heavy atom. The van der Waals surface area contributed by atoms with Crippen molar-refractivity contribution in [3.05, 3.63) is 66.0 Å². The molecule has 2 heterocycles. The Labute approximate surface area is 129 Å². The van der Waals surface area contributed by atoms with Gasteiger partial charge in [-0.3, -0.25) is 9.98 Å². The first-order valence-electron chi connectivity index (χ1n) is 7.27. The average Bonchev–Trinajstić information content (AvgIpc) is 2.97. The zero-order valence-corrected chi connectivity index (χ0v) is 12.7. The maximum atomic E-state index is 4.66. The summed E-state index contributed by atoms with van der Waals surface area (Å²) < 4.78 is 0. The van der Waals surface area contributed by atoms with Gasteiger partial charge in [0.15, 0.2) is 5.17 Å². The highest BCUT2D eigenvalue weighted by atomic mass is 32.2. The molecule has 0 saturated carbocycles. The van der Waals surface area contributed by atoms with Crippen LogP contribution in [0.3, 0.4) is 0 Å². The lowest BCUT2D eigenvalue weighted by Crippen LogP contribution is -2.29. The maximum Gasteiger partial charge on any atom is 0.156 e. The number of nitrogens with zero attached hydrogens (tertiary/aromatic N) is 2. The number of thioether (sulfide) groups is 1. The summed E-state index contributed by atoms with van der Waals surface area (Å²) in [5, 5.41) is 4.61. The van der Waals surface area contributed by atoms with Crippen molar-refractivity contribution in [2.75, 3.05) is 12.3 Å². The van der Waals surface area contributed by atoms with E-state index in [9.17, 15) is 0 Å². The van der Waals surface area contributed by atoms with E-state index in [2.05, 4.69) is 45.6 Å². The van der Waals surface area contributed by atoms with Gasteiger partial charge in [-0.05, 0) is 36.1 Å². The normalized spacial score (nSPS) is 19.6. The number of amidine groups is 1. The molecule has 0 spiro atoms. The summed E-state index contributed by atoms with van der Waals surface area (Å²) >= 11 is 1.83. The van der Waals surface area contributed by atoms with Gasteiger partial charge < -0.3 is 5.32 Å². The van der Waals surface area contributed by atoms with Crippen molar-refractivity contribution >= 4 is 16.9 Å².